The van der Waals surface area contributed by atoms with Gasteiger partial charge in [-0.25, -0.2) is 0 Å². The Kier molecular flexibility index (Phi) is 2.18. The summed E-state index contributed by atoms with van der Waals surface area (Å²) in [6.07, 6.45) is 5.63. The molecule has 0 amide bonds. The maximum Gasteiger partial charge on any atom is 0.102 e. The number of aliphatic hydroxyl groups excluding tert-OH is 1. The zero-order valence-electron chi connectivity index (χ0n) is 8.23. The first-order valence-electron chi connectivity index (χ1n) is 4.80. The second kappa shape index (κ2) is 3.08. The predicted molar refractivity (Wildman–Crippen MR) is 50.5 cm³/mol. The van der Waals surface area contributed by atoms with Crippen LogP contribution >= 0.6 is 0 Å². The van der Waals surface area contributed by atoms with E-state index >= 15 is 0 Å². The van der Waals surface area contributed by atoms with Crippen molar-refractivity contribution >= 4 is 0 Å². The van der Waals surface area contributed by atoms with Crippen molar-refractivity contribution in [2.24, 2.45) is 0 Å². The minimum Gasteiger partial charge on any atom is -0.393 e. The largest absolute Gasteiger partial charge is 0.393 e. The van der Waals surface area contributed by atoms with Gasteiger partial charge in [0.25, 0.3) is 0 Å². The van der Waals surface area contributed by atoms with Gasteiger partial charge in [0.1, 0.15) is 5.60 Å². The first-order valence-corrected chi connectivity index (χ1v) is 4.80. The zero-order chi connectivity index (χ0) is 9.47. The molecule has 74 valence electrons. The lowest BCUT2D eigenvalue weighted by atomic mass is 9.93. The van der Waals surface area contributed by atoms with E-state index in [9.17, 15) is 5.11 Å². The van der Waals surface area contributed by atoms with Gasteiger partial charge in [0.05, 0.1) is 12.2 Å². The highest BCUT2D eigenvalue weighted by molar-refractivity contribution is 5.16. The van der Waals surface area contributed by atoms with Gasteiger partial charge in [-0.05, 0) is 14.1 Å². The lowest BCUT2D eigenvalue weighted by Gasteiger charge is -2.37. The third-order valence-corrected chi connectivity index (χ3v) is 2.67. The Morgan fingerprint density at radius 3 is 3.08 bits per heavy atom. The molecule has 2 aliphatic rings. The SMILES string of the molecule is CN(C)C[C@@]12C=C[C@@H](C[C@@H](O)C1)O2. The molecule has 3 heteroatoms. The van der Waals surface area contributed by atoms with Crippen LogP contribution in [0.4, 0.5) is 0 Å². The molecule has 0 aromatic rings. The van der Waals surface area contributed by atoms with Crippen LogP contribution in [0.15, 0.2) is 12.2 Å². The molecular formula is C10H17NO2. The number of aliphatic hydroxyl groups is 1. The molecule has 2 bridgehead atoms. The highest BCUT2D eigenvalue weighted by Crippen LogP contribution is 2.36. The number of hydrogen-bond acceptors (Lipinski definition) is 3. The van der Waals surface area contributed by atoms with Crippen LogP contribution in [0.25, 0.3) is 0 Å². The van der Waals surface area contributed by atoms with E-state index in [1.807, 2.05) is 14.1 Å². The van der Waals surface area contributed by atoms with Gasteiger partial charge in [0, 0.05) is 19.4 Å². The average Bonchev–Trinajstić information content (AvgIpc) is 2.24. The standard InChI is InChI=1S/C10H17NO2/c1-11(2)7-10-4-3-9(13-10)5-8(12)6-10/h3-4,8-9,12H,5-7H2,1-2H3/t8-,9+,10-/m1/s1. The normalized spacial score (nSPS) is 43.1. The molecule has 2 heterocycles. The summed E-state index contributed by atoms with van der Waals surface area (Å²) in [6.45, 7) is 0.858. The first-order chi connectivity index (χ1) is 6.10. The quantitative estimate of drug-likeness (QED) is 0.629. The highest BCUT2D eigenvalue weighted by Gasteiger charge is 2.42. The molecule has 0 aromatic carbocycles. The Balaban J connectivity index is 2.09. The minimum atomic E-state index is -0.216. The molecule has 1 N–H and O–H groups in total. The summed E-state index contributed by atoms with van der Waals surface area (Å²) in [4.78, 5) is 2.10. The van der Waals surface area contributed by atoms with Gasteiger partial charge in [-0.3, -0.25) is 0 Å². The van der Waals surface area contributed by atoms with Crippen molar-refractivity contribution in [2.75, 3.05) is 20.6 Å². The Morgan fingerprint density at radius 1 is 1.62 bits per heavy atom. The molecule has 2 aliphatic heterocycles. The van der Waals surface area contributed by atoms with Crippen LogP contribution in [-0.4, -0.2) is 48.5 Å². The molecule has 1 fully saturated rings. The van der Waals surface area contributed by atoms with Crippen molar-refractivity contribution < 1.29 is 9.84 Å². The number of likely N-dealkylation sites (N-methyl/N-ethyl adjacent to an activating group) is 1. The summed E-state index contributed by atoms with van der Waals surface area (Å²) in [5.74, 6) is 0. The summed E-state index contributed by atoms with van der Waals surface area (Å²) < 4.78 is 5.85. The molecule has 2 rings (SSSR count). The Labute approximate surface area is 79.0 Å². The van der Waals surface area contributed by atoms with Crippen LogP contribution in [0.5, 0.6) is 0 Å². The fourth-order valence-electron chi connectivity index (χ4n) is 2.35. The van der Waals surface area contributed by atoms with Gasteiger partial charge in [-0.15, -0.1) is 0 Å². The van der Waals surface area contributed by atoms with E-state index in [2.05, 4.69) is 17.1 Å². The molecule has 0 radical (unpaired) electrons. The molecule has 0 spiro atoms. The summed E-state index contributed by atoms with van der Waals surface area (Å²) in [7, 11) is 4.06. The smallest absolute Gasteiger partial charge is 0.102 e. The molecule has 1 saturated heterocycles. The highest BCUT2D eigenvalue weighted by atomic mass is 16.5. The van der Waals surface area contributed by atoms with Gasteiger partial charge >= 0.3 is 0 Å². The van der Waals surface area contributed by atoms with Crippen LogP contribution in [0.2, 0.25) is 0 Å². The predicted octanol–water partition coefficient (Wildman–Crippen LogP) is 0.396. The van der Waals surface area contributed by atoms with Crippen molar-refractivity contribution in [2.45, 2.75) is 30.7 Å². The van der Waals surface area contributed by atoms with Crippen LogP contribution in [0, 0.1) is 0 Å². The summed E-state index contributed by atoms with van der Waals surface area (Å²) in [5, 5.41) is 9.63. The topological polar surface area (TPSA) is 32.7 Å². The molecule has 0 aromatic heterocycles. The van der Waals surface area contributed by atoms with E-state index < -0.39 is 0 Å². The van der Waals surface area contributed by atoms with Crippen molar-refractivity contribution in [1.29, 1.82) is 0 Å². The van der Waals surface area contributed by atoms with Crippen molar-refractivity contribution in [3.8, 4) is 0 Å². The minimum absolute atomic E-state index is 0.142. The molecule has 3 nitrogen and oxygen atoms in total. The van der Waals surface area contributed by atoms with E-state index in [4.69, 9.17) is 4.74 Å². The number of ether oxygens (including phenoxy) is 1. The molecule has 3 atom stereocenters. The van der Waals surface area contributed by atoms with Crippen molar-refractivity contribution in [3.63, 3.8) is 0 Å². The molecule has 0 unspecified atom stereocenters. The van der Waals surface area contributed by atoms with E-state index in [-0.39, 0.29) is 17.8 Å². The summed E-state index contributed by atoms with van der Waals surface area (Å²) >= 11 is 0. The number of nitrogens with zero attached hydrogens (tertiary/aromatic N) is 1. The van der Waals surface area contributed by atoms with Gasteiger partial charge in [-0.1, -0.05) is 12.2 Å². The third kappa shape index (κ3) is 1.77. The van der Waals surface area contributed by atoms with E-state index in [0.717, 1.165) is 19.4 Å². The fraction of sp³-hybridized carbons (Fsp3) is 0.800. The van der Waals surface area contributed by atoms with Gasteiger partial charge < -0.3 is 14.7 Å². The molecule has 0 saturated carbocycles. The van der Waals surface area contributed by atoms with E-state index in [1.165, 1.54) is 0 Å². The van der Waals surface area contributed by atoms with E-state index in [1.54, 1.807) is 0 Å². The first kappa shape index (κ1) is 9.19. The Bertz CT molecular complexity index is 223. The van der Waals surface area contributed by atoms with Crippen molar-refractivity contribution in [1.82, 2.24) is 4.90 Å². The Hall–Kier alpha value is -0.380. The van der Waals surface area contributed by atoms with Gasteiger partial charge in [0.2, 0.25) is 0 Å². The summed E-state index contributed by atoms with van der Waals surface area (Å²) in [6, 6.07) is 0. The lowest BCUT2D eigenvalue weighted by Crippen LogP contribution is -2.46. The maximum atomic E-state index is 9.63. The number of rotatable bonds is 2. The second-order valence-electron chi connectivity index (χ2n) is 4.41. The Morgan fingerprint density at radius 2 is 2.38 bits per heavy atom. The maximum absolute atomic E-state index is 9.63. The van der Waals surface area contributed by atoms with Gasteiger partial charge in [0.15, 0.2) is 0 Å². The van der Waals surface area contributed by atoms with Crippen LogP contribution in [0.3, 0.4) is 0 Å². The van der Waals surface area contributed by atoms with Crippen LogP contribution < -0.4 is 0 Å². The molecular weight excluding hydrogens is 166 g/mol. The molecule has 0 aliphatic carbocycles. The van der Waals surface area contributed by atoms with Gasteiger partial charge in [-0.2, -0.15) is 0 Å². The van der Waals surface area contributed by atoms with Crippen LogP contribution in [-0.2, 0) is 4.74 Å². The van der Waals surface area contributed by atoms with Crippen molar-refractivity contribution in [3.05, 3.63) is 12.2 Å². The third-order valence-electron chi connectivity index (χ3n) is 2.67. The average molecular weight is 183 g/mol. The zero-order valence-corrected chi connectivity index (χ0v) is 8.23. The second-order valence-corrected chi connectivity index (χ2v) is 4.41. The van der Waals surface area contributed by atoms with Crippen LogP contribution in [0.1, 0.15) is 12.8 Å². The fourth-order valence-corrected chi connectivity index (χ4v) is 2.35. The lowest BCUT2D eigenvalue weighted by molar-refractivity contribution is -0.111. The monoisotopic (exact) mass is 183 g/mol. The summed E-state index contributed by atoms with van der Waals surface area (Å²) in [5.41, 5.74) is -0.216. The number of hydrogen-bond donors (Lipinski definition) is 1. The molecule has 13 heavy (non-hydrogen) atoms. The number of fused-ring (bicyclic) bond motifs is 2. The van der Waals surface area contributed by atoms with E-state index in [0.29, 0.717) is 0 Å².